The SMILES string of the molecule is CCC.CNC(=O)C(=O)Nc1cccc(F)c1.[HH].[HH]. The van der Waals surface area contributed by atoms with Crippen LogP contribution in [0.5, 0.6) is 0 Å². The Kier molecular flexibility index (Phi) is 7.34. The Hall–Kier alpha value is -1.91. The van der Waals surface area contributed by atoms with Crippen molar-refractivity contribution in [2.75, 3.05) is 12.4 Å². The third-order valence-corrected chi connectivity index (χ3v) is 1.52. The number of hydrogen-bond donors (Lipinski definition) is 2. The summed E-state index contributed by atoms with van der Waals surface area (Å²) in [7, 11) is 1.34. The number of carbonyl (C=O) groups is 2. The molecule has 0 saturated heterocycles. The first-order chi connectivity index (χ1) is 8.04. The van der Waals surface area contributed by atoms with Crippen molar-refractivity contribution in [2.45, 2.75) is 20.3 Å². The molecule has 1 aromatic rings. The number of nitrogens with one attached hydrogen (secondary N) is 2. The van der Waals surface area contributed by atoms with Crippen LogP contribution in [-0.4, -0.2) is 18.9 Å². The molecule has 98 valence electrons. The van der Waals surface area contributed by atoms with Crippen molar-refractivity contribution >= 4 is 17.5 Å². The topological polar surface area (TPSA) is 58.2 Å². The van der Waals surface area contributed by atoms with Crippen molar-refractivity contribution in [3.8, 4) is 0 Å². The Labute approximate surface area is 103 Å². The summed E-state index contributed by atoms with van der Waals surface area (Å²) in [5.41, 5.74) is 0.249. The Morgan fingerprint density at radius 2 is 1.88 bits per heavy atom. The number of anilines is 1. The van der Waals surface area contributed by atoms with Gasteiger partial charge in [0.05, 0.1) is 0 Å². The summed E-state index contributed by atoms with van der Waals surface area (Å²) in [6.07, 6.45) is 1.25. The van der Waals surface area contributed by atoms with Crippen LogP contribution in [0.25, 0.3) is 0 Å². The van der Waals surface area contributed by atoms with E-state index in [1.807, 2.05) is 0 Å². The van der Waals surface area contributed by atoms with Gasteiger partial charge in [-0.1, -0.05) is 26.3 Å². The Bertz CT molecular complexity index is 390. The number of amides is 2. The second-order valence-corrected chi connectivity index (χ2v) is 3.25. The molecule has 17 heavy (non-hydrogen) atoms. The second-order valence-electron chi connectivity index (χ2n) is 3.25. The smallest absolute Gasteiger partial charge is 0.313 e. The van der Waals surface area contributed by atoms with E-state index >= 15 is 0 Å². The lowest BCUT2D eigenvalue weighted by Crippen LogP contribution is -2.32. The fourth-order valence-corrected chi connectivity index (χ4v) is 0.868. The number of likely N-dealkylation sites (N-methyl/N-ethyl adjacent to an activating group) is 1. The second kappa shape index (κ2) is 8.27. The summed E-state index contributed by atoms with van der Waals surface area (Å²) in [4.78, 5) is 21.8. The minimum atomic E-state index is -0.821. The first-order valence-corrected chi connectivity index (χ1v) is 5.33. The number of hydrogen-bond acceptors (Lipinski definition) is 2. The first-order valence-electron chi connectivity index (χ1n) is 5.33. The summed E-state index contributed by atoms with van der Waals surface area (Å²) < 4.78 is 12.6. The van der Waals surface area contributed by atoms with Gasteiger partial charge in [0.25, 0.3) is 0 Å². The standard InChI is InChI=1S/C9H9FN2O2.C3H8.2H2/c1-11-8(13)9(14)12-7-4-2-3-6(10)5-7;1-3-2;;/h2-5H,1H3,(H,11,13)(H,12,14);3H2,1-2H3;2*1H. The fourth-order valence-electron chi connectivity index (χ4n) is 0.868. The molecular weight excluding hydrogens is 223 g/mol. The molecule has 0 aliphatic heterocycles. The van der Waals surface area contributed by atoms with Gasteiger partial charge in [-0.15, -0.1) is 0 Å². The van der Waals surface area contributed by atoms with Crippen LogP contribution in [-0.2, 0) is 9.59 Å². The molecule has 0 saturated carbocycles. The van der Waals surface area contributed by atoms with E-state index in [2.05, 4.69) is 24.5 Å². The molecule has 0 unspecified atom stereocenters. The molecule has 0 aliphatic carbocycles. The van der Waals surface area contributed by atoms with Crippen LogP contribution in [0.1, 0.15) is 23.1 Å². The molecule has 0 aliphatic rings. The van der Waals surface area contributed by atoms with Crippen LogP contribution in [0.2, 0.25) is 0 Å². The minimum absolute atomic E-state index is 0. The zero-order valence-electron chi connectivity index (χ0n) is 10.2. The minimum Gasteiger partial charge on any atom is -0.351 e. The number of halogens is 1. The van der Waals surface area contributed by atoms with E-state index in [9.17, 15) is 14.0 Å². The maximum atomic E-state index is 12.6. The molecule has 0 heterocycles. The summed E-state index contributed by atoms with van der Waals surface area (Å²) in [5, 5.41) is 4.40. The molecule has 0 fully saturated rings. The van der Waals surface area contributed by atoms with E-state index in [1.54, 1.807) is 0 Å². The maximum Gasteiger partial charge on any atom is 0.313 e. The van der Waals surface area contributed by atoms with Crippen LogP contribution >= 0.6 is 0 Å². The molecule has 1 aromatic carbocycles. The Balaban J connectivity index is -0.000000468. The van der Waals surface area contributed by atoms with E-state index in [0.29, 0.717) is 0 Å². The molecule has 5 heteroatoms. The lowest BCUT2D eigenvalue weighted by Gasteiger charge is -2.03. The number of benzene rings is 1. The van der Waals surface area contributed by atoms with Crippen molar-refractivity contribution in [3.05, 3.63) is 30.1 Å². The molecule has 0 aromatic heterocycles. The molecule has 0 atom stereocenters. The monoisotopic (exact) mass is 244 g/mol. The van der Waals surface area contributed by atoms with Crippen LogP contribution in [0.3, 0.4) is 0 Å². The summed E-state index contributed by atoms with van der Waals surface area (Å²) in [6.45, 7) is 4.25. The average Bonchev–Trinajstić information content (AvgIpc) is 2.29. The fraction of sp³-hybridized carbons (Fsp3) is 0.333. The predicted octanol–water partition coefficient (Wildman–Crippen LogP) is 2.42. The highest BCUT2D eigenvalue weighted by Crippen LogP contribution is 2.08. The number of carbonyl (C=O) groups excluding carboxylic acids is 2. The molecule has 2 amide bonds. The Morgan fingerprint density at radius 3 is 2.35 bits per heavy atom. The third-order valence-electron chi connectivity index (χ3n) is 1.52. The van der Waals surface area contributed by atoms with E-state index in [1.165, 1.54) is 31.7 Å². The predicted molar refractivity (Wildman–Crippen MR) is 69.3 cm³/mol. The zero-order valence-corrected chi connectivity index (χ0v) is 10.2. The maximum absolute atomic E-state index is 12.6. The molecule has 4 nitrogen and oxygen atoms in total. The van der Waals surface area contributed by atoms with Crippen molar-refractivity contribution in [2.24, 2.45) is 0 Å². The van der Waals surface area contributed by atoms with E-state index in [-0.39, 0.29) is 8.54 Å². The lowest BCUT2D eigenvalue weighted by molar-refractivity contribution is -0.135. The van der Waals surface area contributed by atoms with Gasteiger partial charge >= 0.3 is 11.8 Å². The number of rotatable bonds is 1. The molecule has 2 N–H and O–H groups in total. The van der Waals surface area contributed by atoms with Crippen LogP contribution < -0.4 is 10.6 Å². The lowest BCUT2D eigenvalue weighted by atomic mass is 10.3. The quantitative estimate of drug-likeness (QED) is 0.745. The Morgan fingerprint density at radius 1 is 1.29 bits per heavy atom. The zero-order chi connectivity index (χ0) is 13.3. The third kappa shape index (κ3) is 6.29. The van der Waals surface area contributed by atoms with E-state index in [4.69, 9.17) is 0 Å². The molecular formula is C12H21FN2O2. The highest BCUT2D eigenvalue weighted by molar-refractivity contribution is 6.39. The molecule has 0 bridgehead atoms. The highest BCUT2D eigenvalue weighted by atomic mass is 19.1. The molecule has 0 spiro atoms. The summed E-state index contributed by atoms with van der Waals surface area (Å²) >= 11 is 0. The molecule has 1 rings (SSSR count). The van der Waals surface area contributed by atoms with E-state index in [0.717, 1.165) is 6.07 Å². The molecule has 0 radical (unpaired) electrons. The normalized spacial score (nSPS) is 8.71. The van der Waals surface area contributed by atoms with Gasteiger partial charge < -0.3 is 10.6 Å². The van der Waals surface area contributed by atoms with Gasteiger partial charge in [-0.25, -0.2) is 4.39 Å². The van der Waals surface area contributed by atoms with Crippen LogP contribution in [0.4, 0.5) is 10.1 Å². The van der Waals surface area contributed by atoms with Gasteiger partial charge in [0.2, 0.25) is 0 Å². The van der Waals surface area contributed by atoms with Gasteiger partial charge in [-0.05, 0) is 18.2 Å². The summed E-state index contributed by atoms with van der Waals surface area (Å²) in [5.74, 6) is -2.06. The van der Waals surface area contributed by atoms with Crippen molar-refractivity contribution in [1.29, 1.82) is 0 Å². The van der Waals surface area contributed by atoms with Crippen molar-refractivity contribution < 1.29 is 16.8 Å². The highest BCUT2D eigenvalue weighted by Gasteiger charge is 2.10. The van der Waals surface area contributed by atoms with Gasteiger partial charge in [0.15, 0.2) is 0 Å². The van der Waals surface area contributed by atoms with E-state index < -0.39 is 17.6 Å². The van der Waals surface area contributed by atoms with Crippen molar-refractivity contribution in [3.63, 3.8) is 0 Å². The van der Waals surface area contributed by atoms with Gasteiger partial charge in [-0.3, -0.25) is 9.59 Å². The first kappa shape index (κ1) is 15.1. The van der Waals surface area contributed by atoms with Crippen LogP contribution in [0.15, 0.2) is 24.3 Å². The van der Waals surface area contributed by atoms with Crippen molar-refractivity contribution in [1.82, 2.24) is 5.32 Å². The van der Waals surface area contributed by atoms with Gasteiger partial charge in [-0.2, -0.15) is 0 Å². The average molecular weight is 244 g/mol. The van der Waals surface area contributed by atoms with Gasteiger partial charge in [0.1, 0.15) is 5.82 Å². The summed E-state index contributed by atoms with van der Waals surface area (Å²) in [6, 6.07) is 5.30. The largest absolute Gasteiger partial charge is 0.351 e. The van der Waals surface area contributed by atoms with Crippen LogP contribution in [0, 0.1) is 5.82 Å². The van der Waals surface area contributed by atoms with Gasteiger partial charge in [0, 0.05) is 15.6 Å².